The highest BCUT2D eigenvalue weighted by Gasteiger charge is 2.46. The summed E-state index contributed by atoms with van der Waals surface area (Å²) in [4.78, 5) is 17.4. The second kappa shape index (κ2) is 6.82. The number of para-hydroxylation sites is 1. The lowest BCUT2D eigenvalue weighted by molar-refractivity contribution is 0.0955. The highest BCUT2D eigenvalue weighted by Crippen LogP contribution is 2.54. The maximum absolute atomic E-state index is 12.4. The van der Waals surface area contributed by atoms with Gasteiger partial charge in [-0.05, 0) is 69.9 Å². The minimum atomic E-state index is 0.00225. The van der Waals surface area contributed by atoms with Gasteiger partial charge in [-0.3, -0.25) is 4.79 Å². The van der Waals surface area contributed by atoms with Crippen molar-refractivity contribution in [2.24, 2.45) is 0 Å². The summed E-state index contributed by atoms with van der Waals surface area (Å²) in [5, 5.41) is 6.71. The Morgan fingerprint density at radius 3 is 2.61 bits per heavy atom. The number of hydrogen-bond donors (Lipinski definition) is 2. The maximum Gasteiger partial charge on any atom is 0.251 e. The van der Waals surface area contributed by atoms with Gasteiger partial charge in [-0.2, -0.15) is 0 Å². The van der Waals surface area contributed by atoms with Gasteiger partial charge in [0.2, 0.25) is 0 Å². The first-order chi connectivity index (χ1) is 13.6. The molecule has 2 fully saturated rings. The molecule has 146 valence electrons. The van der Waals surface area contributed by atoms with E-state index in [1.54, 1.807) is 11.8 Å². The summed E-state index contributed by atoms with van der Waals surface area (Å²) in [7, 11) is 0. The number of benzene rings is 2. The van der Waals surface area contributed by atoms with Gasteiger partial charge in [0, 0.05) is 39.5 Å². The first-order valence-corrected chi connectivity index (χ1v) is 11.1. The Labute approximate surface area is 171 Å². The fourth-order valence-corrected chi connectivity index (χ4v) is 6.39. The van der Waals surface area contributed by atoms with Crippen LogP contribution in [0.2, 0.25) is 0 Å². The Hall–Kier alpha value is -1.98. The van der Waals surface area contributed by atoms with Gasteiger partial charge in [0.25, 0.3) is 5.91 Å². The summed E-state index contributed by atoms with van der Waals surface area (Å²) < 4.78 is 0. The molecule has 5 heteroatoms. The summed E-state index contributed by atoms with van der Waals surface area (Å²) in [5.41, 5.74) is 3.36. The second-order valence-corrected chi connectivity index (χ2v) is 9.57. The van der Waals surface area contributed by atoms with E-state index in [2.05, 4.69) is 58.9 Å². The normalized spacial score (nSPS) is 27.9. The van der Waals surface area contributed by atoms with E-state index in [1.807, 2.05) is 13.0 Å². The van der Waals surface area contributed by atoms with Crippen LogP contribution in [0.25, 0.3) is 0 Å². The van der Waals surface area contributed by atoms with Crippen molar-refractivity contribution in [2.45, 2.75) is 66.9 Å². The molecule has 4 nitrogen and oxygen atoms in total. The second-order valence-electron chi connectivity index (χ2n) is 8.49. The maximum atomic E-state index is 12.4. The van der Waals surface area contributed by atoms with Crippen LogP contribution in [0.3, 0.4) is 0 Å². The quantitative estimate of drug-likeness (QED) is 0.793. The van der Waals surface area contributed by atoms with E-state index in [9.17, 15) is 4.79 Å². The standard InChI is InChI=1S/C23H27N3OS/c1-3-24-22(27)15-8-11-19-21(12-15)28-20-7-5-4-6-18(20)26(19)23(2)13-16-9-10-17(14-23)25-16/h4-8,11-12,16-17,25H,3,9-10,13-14H2,1-2H3,(H,24,27). The van der Waals surface area contributed by atoms with E-state index in [0.29, 0.717) is 18.6 Å². The lowest BCUT2D eigenvalue weighted by atomic mass is 9.83. The van der Waals surface area contributed by atoms with Crippen molar-refractivity contribution in [1.29, 1.82) is 0 Å². The average Bonchev–Trinajstić information content (AvgIpc) is 3.04. The summed E-state index contributed by atoms with van der Waals surface area (Å²) in [6.07, 6.45) is 4.88. The summed E-state index contributed by atoms with van der Waals surface area (Å²) in [6.45, 7) is 5.02. The van der Waals surface area contributed by atoms with Crippen molar-refractivity contribution < 1.29 is 4.79 Å². The first-order valence-electron chi connectivity index (χ1n) is 10.3. The van der Waals surface area contributed by atoms with E-state index >= 15 is 0 Å². The number of carbonyl (C=O) groups excluding carboxylic acids is 1. The van der Waals surface area contributed by atoms with Gasteiger partial charge < -0.3 is 15.5 Å². The van der Waals surface area contributed by atoms with E-state index < -0.39 is 0 Å². The molecule has 5 rings (SSSR count). The van der Waals surface area contributed by atoms with Gasteiger partial charge in [-0.25, -0.2) is 0 Å². The molecule has 3 aliphatic rings. The summed E-state index contributed by atoms with van der Waals surface area (Å²) in [5.74, 6) is 0.00225. The zero-order chi connectivity index (χ0) is 19.3. The topological polar surface area (TPSA) is 44.4 Å². The molecule has 2 N–H and O–H groups in total. The molecular weight excluding hydrogens is 366 g/mol. The van der Waals surface area contributed by atoms with Crippen LogP contribution in [0.15, 0.2) is 52.3 Å². The van der Waals surface area contributed by atoms with E-state index in [0.717, 1.165) is 18.4 Å². The SMILES string of the molecule is CCNC(=O)c1ccc2c(c1)Sc1ccccc1N2C1(C)CC2CCC(C1)N2. The largest absolute Gasteiger partial charge is 0.352 e. The first kappa shape index (κ1) is 18.1. The molecule has 2 bridgehead atoms. The average molecular weight is 394 g/mol. The minimum absolute atomic E-state index is 0.00225. The van der Waals surface area contributed by atoms with Gasteiger partial charge in [0.05, 0.1) is 11.4 Å². The Bertz CT molecular complexity index is 916. The number of fused-ring (bicyclic) bond motifs is 4. The van der Waals surface area contributed by atoms with Crippen molar-refractivity contribution in [3.05, 3.63) is 48.0 Å². The van der Waals surface area contributed by atoms with Gasteiger partial charge in [-0.15, -0.1) is 0 Å². The molecule has 2 aromatic carbocycles. The Morgan fingerprint density at radius 2 is 1.86 bits per heavy atom. The van der Waals surface area contributed by atoms with Crippen molar-refractivity contribution in [3.8, 4) is 0 Å². The van der Waals surface area contributed by atoms with Crippen LogP contribution in [-0.2, 0) is 0 Å². The number of piperidine rings is 1. The monoisotopic (exact) mass is 393 g/mol. The molecule has 0 aromatic heterocycles. The zero-order valence-electron chi connectivity index (χ0n) is 16.5. The number of rotatable bonds is 3. The number of carbonyl (C=O) groups is 1. The van der Waals surface area contributed by atoms with Crippen molar-refractivity contribution in [1.82, 2.24) is 10.6 Å². The molecule has 1 amide bonds. The number of hydrogen-bond acceptors (Lipinski definition) is 4. The van der Waals surface area contributed by atoms with Crippen LogP contribution in [0.4, 0.5) is 11.4 Å². The lowest BCUT2D eigenvalue weighted by Gasteiger charge is -2.50. The molecule has 0 radical (unpaired) electrons. The van der Waals surface area contributed by atoms with Gasteiger partial charge in [-0.1, -0.05) is 23.9 Å². The van der Waals surface area contributed by atoms with E-state index in [4.69, 9.17) is 0 Å². The third-order valence-corrected chi connectivity index (χ3v) is 7.49. The van der Waals surface area contributed by atoms with Crippen LogP contribution < -0.4 is 15.5 Å². The Morgan fingerprint density at radius 1 is 1.14 bits per heavy atom. The highest BCUT2D eigenvalue weighted by molar-refractivity contribution is 7.99. The fraction of sp³-hybridized carbons (Fsp3) is 0.435. The third kappa shape index (κ3) is 2.92. The molecule has 2 atom stereocenters. The van der Waals surface area contributed by atoms with Crippen molar-refractivity contribution in [3.63, 3.8) is 0 Å². The van der Waals surface area contributed by atoms with Gasteiger partial charge in [0.15, 0.2) is 0 Å². The molecule has 2 unspecified atom stereocenters. The van der Waals surface area contributed by atoms with E-state index in [1.165, 1.54) is 34.0 Å². The Balaban J connectivity index is 1.60. The highest BCUT2D eigenvalue weighted by atomic mass is 32.2. The molecular formula is C23H27N3OS. The van der Waals surface area contributed by atoms with Crippen LogP contribution in [-0.4, -0.2) is 30.1 Å². The lowest BCUT2D eigenvalue weighted by Crippen LogP contribution is -2.55. The smallest absolute Gasteiger partial charge is 0.251 e. The summed E-state index contributed by atoms with van der Waals surface area (Å²) >= 11 is 1.78. The Kier molecular flexibility index (Phi) is 4.40. The van der Waals surface area contributed by atoms with Crippen LogP contribution >= 0.6 is 11.8 Å². The van der Waals surface area contributed by atoms with Crippen LogP contribution in [0.1, 0.15) is 49.9 Å². The van der Waals surface area contributed by atoms with E-state index in [-0.39, 0.29) is 11.4 Å². The minimum Gasteiger partial charge on any atom is -0.352 e. The molecule has 28 heavy (non-hydrogen) atoms. The van der Waals surface area contributed by atoms with Crippen molar-refractivity contribution >= 4 is 29.0 Å². The molecule has 3 aliphatic heterocycles. The zero-order valence-corrected chi connectivity index (χ0v) is 17.3. The molecule has 0 saturated carbocycles. The molecule has 2 aromatic rings. The molecule has 3 heterocycles. The van der Waals surface area contributed by atoms with Gasteiger partial charge >= 0.3 is 0 Å². The molecule has 2 saturated heterocycles. The van der Waals surface area contributed by atoms with Crippen LogP contribution in [0.5, 0.6) is 0 Å². The fourth-order valence-electron chi connectivity index (χ4n) is 5.29. The third-order valence-electron chi connectivity index (χ3n) is 6.37. The molecule has 0 aliphatic carbocycles. The number of amides is 1. The predicted molar refractivity (Wildman–Crippen MR) is 115 cm³/mol. The predicted octanol–water partition coefficient (Wildman–Crippen LogP) is 4.71. The number of anilines is 2. The van der Waals surface area contributed by atoms with Crippen LogP contribution in [0, 0.1) is 0 Å². The molecule has 0 spiro atoms. The summed E-state index contributed by atoms with van der Waals surface area (Å²) in [6, 6.07) is 16.1. The van der Waals surface area contributed by atoms with Gasteiger partial charge in [0.1, 0.15) is 0 Å². The number of nitrogens with zero attached hydrogens (tertiary/aromatic N) is 1. The number of nitrogens with one attached hydrogen (secondary N) is 2. The van der Waals surface area contributed by atoms with Crippen molar-refractivity contribution in [2.75, 3.05) is 11.4 Å².